The molecule has 1 heterocycles. The second kappa shape index (κ2) is 5.41. The molecule has 19 heavy (non-hydrogen) atoms. The summed E-state index contributed by atoms with van der Waals surface area (Å²) in [7, 11) is 3.39. The Kier molecular flexibility index (Phi) is 4.04. The van der Waals surface area contributed by atoms with Crippen LogP contribution in [0.25, 0.3) is 0 Å². The number of rotatable bonds is 4. The first-order valence-corrected chi connectivity index (χ1v) is 7.03. The molecule has 1 aliphatic heterocycles. The van der Waals surface area contributed by atoms with Gasteiger partial charge in [-0.2, -0.15) is 0 Å². The molecule has 1 aliphatic rings. The van der Waals surface area contributed by atoms with Crippen molar-refractivity contribution in [3.05, 3.63) is 23.3 Å². The quantitative estimate of drug-likeness (QED) is 0.903. The van der Waals surface area contributed by atoms with Crippen LogP contribution in [-0.2, 0) is 5.54 Å². The molecule has 0 aliphatic carbocycles. The Morgan fingerprint density at radius 3 is 2.26 bits per heavy atom. The van der Waals surface area contributed by atoms with Crippen molar-refractivity contribution in [2.75, 3.05) is 20.8 Å². The van der Waals surface area contributed by atoms with E-state index in [0.717, 1.165) is 18.0 Å². The molecule has 0 bridgehead atoms. The molecule has 1 unspecified atom stereocenters. The highest BCUT2D eigenvalue weighted by molar-refractivity contribution is 5.51. The minimum absolute atomic E-state index is 0.0547. The van der Waals surface area contributed by atoms with Crippen LogP contribution in [0.4, 0.5) is 0 Å². The lowest BCUT2D eigenvalue weighted by atomic mass is 9.83. The van der Waals surface area contributed by atoms with Crippen LogP contribution in [0, 0.1) is 0 Å². The van der Waals surface area contributed by atoms with E-state index in [2.05, 4.69) is 38.2 Å². The van der Waals surface area contributed by atoms with E-state index in [1.165, 1.54) is 24.0 Å². The van der Waals surface area contributed by atoms with E-state index in [0.29, 0.717) is 5.92 Å². The summed E-state index contributed by atoms with van der Waals surface area (Å²) in [6.45, 7) is 7.82. The van der Waals surface area contributed by atoms with Crippen molar-refractivity contribution >= 4 is 0 Å². The zero-order valence-electron chi connectivity index (χ0n) is 12.7. The Labute approximate surface area is 116 Å². The summed E-state index contributed by atoms with van der Waals surface area (Å²) in [6, 6.07) is 4.27. The average molecular weight is 263 g/mol. The zero-order chi connectivity index (χ0) is 14.0. The van der Waals surface area contributed by atoms with Crippen LogP contribution in [0.15, 0.2) is 12.1 Å². The van der Waals surface area contributed by atoms with E-state index in [1.807, 2.05) is 0 Å². The van der Waals surface area contributed by atoms with Crippen LogP contribution in [0.3, 0.4) is 0 Å². The van der Waals surface area contributed by atoms with Gasteiger partial charge in [0.1, 0.15) is 0 Å². The summed E-state index contributed by atoms with van der Waals surface area (Å²) >= 11 is 0. The summed E-state index contributed by atoms with van der Waals surface area (Å²) in [5, 5.41) is 3.64. The molecule has 1 aromatic carbocycles. The fourth-order valence-corrected chi connectivity index (χ4v) is 2.97. The summed E-state index contributed by atoms with van der Waals surface area (Å²) in [4.78, 5) is 0. The number of hydrogen-bond acceptors (Lipinski definition) is 3. The molecule has 0 amide bonds. The molecule has 3 nitrogen and oxygen atoms in total. The van der Waals surface area contributed by atoms with E-state index in [-0.39, 0.29) is 5.54 Å². The second-order valence-electron chi connectivity index (χ2n) is 5.81. The Balaban J connectivity index is 2.57. The van der Waals surface area contributed by atoms with Crippen molar-refractivity contribution in [1.82, 2.24) is 5.32 Å². The second-order valence-corrected chi connectivity index (χ2v) is 5.81. The van der Waals surface area contributed by atoms with Gasteiger partial charge in [-0.05, 0) is 55.5 Å². The molecular weight excluding hydrogens is 238 g/mol. The molecule has 1 aromatic rings. The van der Waals surface area contributed by atoms with Crippen LogP contribution in [0.5, 0.6) is 11.5 Å². The molecule has 1 N–H and O–H groups in total. The lowest BCUT2D eigenvalue weighted by Gasteiger charge is -2.30. The molecule has 1 atom stereocenters. The van der Waals surface area contributed by atoms with Gasteiger partial charge in [0.05, 0.1) is 14.2 Å². The predicted molar refractivity (Wildman–Crippen MR) is 78.2 cm³/mol. The van der Waals surface area contributed by atoms with Crippen LogP contribution in [0.2, 0.25) is 0 Å². The van der Waals surface area contributed by atoms with Gasteiger partial charge in [-0.25, -0.2) is 0 Å². The third kappa shape index (κ3) is 2.57. The number of methoxy groups -OCH3 is 2. The lowest BCUT2D eigenvalue weighted by molar-refractivity contribution is 0.350. The van der Waals surface area contributed by atoms with Gasteiger partial charge in [-0.15, -0.1) is 0 Å². The topological polar surface area (TPSA) is 30.5 Å². The molecule has 1 saturated heterocycles. The molecule has 3 heteroatoms. The maximum absolute atomic E-state index is 5.46. The lowest BCUT2D eigenvalue weighted by Crippen LogP contribution is -2.34. The molecule has 106 valence electrons. The first-order chi connectivity index (χ1) is 9.01. The molecule has 0 spiro atoms. The molecule has 0 radical (unpaired) electrons. The minimum Gasteiger partial charge on any atom is -0.493 e. The van der Waals surface area contributed by atoms with Crippen LogP contribution in [0.1, 0.15) is 50.7 Å². The van der Waals surface area contributed by atoms with Crippen LogP contribution in [-0.4, -0.2) is 20.8 Å². The largest absolute Gasteiger partial charge is 0.493 e. The Hall–Kier alpha value is -1.22. The Bertz CT molecular complexity index is 448. The Morgan fingerprint density at radius 1 is 1.16 bits per heavy atom. The standard InChI is InChI=1S/C16H25NO2/c1-11(2)12-9-14(18-4)15(19-5)10-13(12)16(3)7-6-8-17-16/h9-11,17H,6-8H2,1-5H3. The number of benzene rings is 1. The smallest absolute Gasteiger partial charge is 0.161 e. The predicted octanol–water partition coefficient (Wildman–Crippen LogP) is 3.43. The molecule has 1 fully saturated rings. The van der Waals surface area contributed by atoms with E-state index < -0.39 is 0 Å². The molecule has 2 rings (SSSR count). The average Bonchev–Trinajstić information content (AvgIpc) is 2.85. The summed E-state index contributed by atoms with van der Waals surface area (Å²) < 4.78 is 10.9. The first-order valence-electron chi connectivity index (χ1n) is 7.03. The third-order valence-electron chi connectivity index (χ3n) is 4.14. The molecule has 0 aromatic heterocycles. The van der Waals surface area contributed by atoms with Gasteiger partial charge < -0.3 is 14.8 Å². The van der Waals surface area contributed by atoms with Crippen molar-refractivity contribution in [1.29, 1.82) is 0 Å². The number of nitrogens with one attached hydrogen (secondary N) is 1. The van der Waals surface area contributed by atoms with Crippen molar-refractivity contribution in [3.63, 3.8) is 0 Å². The van der Waals surface area contributed by atoms with E-state index >= 15 is 0 Å². The minimum atomic E-state index is 0.0547. The van der Waals surface area contributed by atoms with E-state index in [1.54, 1.807) is 14.2 Å². The summed E-state index contributed by atoms with van der Waals surface area (Å²) in [6.07, 6.45) is 2.39. The van der Waals surface area contributed by atoms with Gasteiger partial charge in [0.15, 0.2) is 11.5 Å². The first kappa shape index (κ1) is 14.2. The fourth-order valence-electron chi connectivity index (χ4n) is 2.97. The zero-order valence-corrected chi connectivity index (χ0v) is 12.7. The molecular formula is C16H25NO2. The fraction of sp³-hybridized carbons (Fsp3) is 0.625. The van der Waals surface area contributed by atoms with E-state index in [9.17, 15) is 0 Å². The number of ether oxygens (including phenoxy) is 2. The highest BCUT2D eigenvalue weighted by atomic mass is 16.5. The van der Waals surface area contributed by atoms with Crippen molar-refractivity contribution < 1.29 is 9.47 Å². The number of hydrogen-bond donors (Lipinski definition) is 1. The SMILES string of the molecule is COc1cc(C(C)C)c(C2(C)CCCN2)cc1OC. The normalized spacial score (nSPS) is 22.8. The van der Waals surface area contributed by atoms with Gasteiger partial charge in [0, 0.05) is 5.54 Å². The van der Waals surface area contributed by atoms with Crippen molar-refractivity contribution in [2.45, 2.75) is 45.1 Å². The Morgan fingerprint density at radius 2 is 1.79 bits per heavy atom. The van der Waals surface area contributed by atoms with Gasteiger partial charge in [-0.1, -0.05) is 13.8 Å². The van der Waals surface area contributed by atoms with Gasteiger partial charge in [-0.3, -0.25) is 0 Å². The molecule has 0 saturated carbocycles. The monoisotopic (exact) mass is 263 g/mol. The van der Waals surface area contributed by atoms with Crippen LogP contribution >= 0.6 is 0 Å². The van der Waals surface area contributed by atoms with E-state index in [4.69, 9.17) is 9.47 Å². The van der Waals surface area contributed by atoms with Crippen molar-refractivity contribution in [2.24, 2.45) is 0 Å². The maximum Gasteiger partial charge on any atom is 0.161 e. The van der Waals surface area contributed by atoms with Crippen molar-refractivity contribution in [3.8, 4) is 11.5 Å². The maximum atomic E-state index is 5.46. The van der Waals surface area contributed by atoms with Gasteiger partial charge in [0.2, 0.25) is 0 Å². The highest BCUT2D eigenvalue weighted by Crippen LogP contribution is 2.41. The van der Waals surface area contributed by atoms with Gasteiger partial charge in [0.25, 0.3) is 0 Å². The highest BCUT2D eigenvalue weighted by Gasteiger charge is 2.33. The third-order valence-corrected chi connectivity index (χ3v) is 4.14. The summed E-state index contributed by atoms with van der Waals surface area (Å²) in [5.41, 5.74) is 2.74. The van der Waals surface area contributed by atoms with Gasteiger partial charge >= 0.3 is 0 Å². The summed E-state index contributed by atoms with van der Waals surface area (Å²) in [5.74, 6) is 2.10. The van der Waals surface area contributed by atoms with Crippen LogP contribution < -0.4 is 14.8 Å².